The van der Waals surface area contributed by atoms with Gasteiger partial charge in [-0.15, -0.1) is 0 Å². The SMILES string of the molecule is CNC(c1ccc(CC(C)C)cc1)c1ccc(F)cc1F. The Hall–Kier alpha value is -1.74. The van der Waals surface area contributed by atoms with Gasteiger partial charge in [0.25, 0.3) is 0 Å². The van der Waals surface area contributed by atoms with Crippen molar-refractivity contribution in [1.82, 2.24) is 5.32 Å². The van der Waals surface area contributed by atoms with Gasteiger partial charge in [0.1, 0.15) is 11.6 Å². The van der Waals surface area contributed by atoms with E-state index in [1.807, 2.05) is 12.1 Å². The van der Waals surface area contributed by atoms with E-state index in [1.54, 1.807) is 7.05 Å². The molecular formula is C18H21F2N. The number of rotatable bonds is 5. The van der Waals surface area contributed by atoms with Crippen LogP contribution in [0.25, 0.3) is 0 Å². The Bertz CT molecular complexity index is 591. The van der Waals surface area contributed by atoms with E-state index < -0.39 is 11.6 Å². The molecule has 0 saturated carbocycles. The van der Waals surface area contributed by atoms with Crippen LogP contribution in [0.3, 0.4) is 0 Å². The summed E-state index contributed by atoms with van der Waals surface area (Å²) in [6.07, 6.45) is 1.02. The lowest BCUT2D eigenvalue weighted by Gasteiger charge is -2.18. The van der Waals surface area contributed by atoms with Crippen molar-refractivity contribution in [1.29, 1.82) is 0 Å². The van der Waals surface area contributed by atoms with Gasteiger partial charge < -0.3 is 5.32 Å². The van der Waals surface area contributed by atoms with Gasteiger partial charge in [-0.05, 0) is 36.6 Å². The van der Waals surface area contributed by atoms with Crippen LogP contribution in [0.15, 0.2) is 42.5 Å². The lowest BCUT2D eigenvalue weighted by Crippen LogP contribution is -2.19. The Morgan fingerprint density at radius 2 is 1.67 bits per heavy atom. The average molecular weight is 289 g/mol. The monoisotopic (exact) mass is 289 g/mol. The molecule has 2 aromatic carbocycles. The molecule has 1 unspecified atom stereocenters. The maximum Gasteiger partial charge on any atom is 0.131 e. The zero-order valence-electron chi connectivity index (χ0n) is 12.7. The molecule has 1 N–H and O–H groups in total. The molecule has 2 rings (SSSR count). The van der Waals surface area contributed by atoms with Crippen molar-refractivity contribution in [2.24, 2.45) is 5.92 Å². The van der Waals surface area contributed by atoms with Crippen LogP contribution < -0.4 is 5.32 Å². The third-order valence-corrected chi connectivity index (χ3v) is 3.52. The largest absolute Gasteiger partial charge is 0.309 e. The van der Waals surface area contributed by atoms with Crippen molar-refractivity contribution >= 4 is 0 Å². The zero-order chi connectivity index (χ0) is 15.4. The van der Waals surface area contributed by atoms with Gasteiger partial charge in [-0.3, -0.25) is 0 Å². The zero-order valence-corrected chi connectivity index (χ0v) is 12.7. The van der Waals surface area contributed by atoms with Crippen LogP contribution in [0, 0.1) is 17.6 Å². The second-order valence-electron chi connectivity index (χ2n) is 5.73. The third-order valence-electron chi connectivity index (χ3n) is 3.52. The molecule has 1 atom stereocenters. The van der Waals surface area contributed by atoms with Gasteiger partial charge in [0.05, 0.1) is 6.04 Å². The molecule has 0 amide bonds. The lowest BCUT2D eigenvalue weighted by atomic mass is 9.95. The van der Waals surface area contributed by atoms with E-state index in [2.05, 4.69) is 31.3 Å². The maximum absolute atomic E-state index is 13.9. The van der Waals surface area contributed by atoms with Crippen LogP contribution in [-0.2, 0) is 6.42 Å². The third kappa shape index (κ3) is 3.88. The minimum Gasteiger partial charge on any atom is -0.309 e. The highest BCUT2D eigenvalue weighted by atomic mass is 19.1. The predicted octanol–water partition coefficient (Wildman–Crippen LogP) is 4.47. The molecule has 21 heavy (non-hydrogen) atoms. The fraction of sp³-hybridized carbons (Fsp3) is 0.333. The minimum absolute atomic E-state index is 0.279. The molecular weight excluding hydrogens is 268 g/mol. The summed E-state index contributed by atoms with van der Waals surface area (Å²) < 4.78 is 27.0. The van der Waals surface area contributed by atoms with E-state index >= 15 is 0 Å². The van der Waals surface area contributed by atoms with Gasteiger partial charge in [0, 0.05) is 11.6 Å². The molecule has 0 aliphatic rings. The number of hydrogen-bond donors (Lipinski definition) is 1. The van der Waals surface area contributed by atoms with Crippen molar-refractivity contribution in [3.63, 3.8) is 0 Å². The van der Waals surface area contributed by atoms with Crippen molar-refractivity contribution in [3.05, 3.63) is 70.8 Å². The fourth-order valence-corrected chi connectivity index (χ4v) is 2.55. The van der Waals surface area contributed by atoms with E-state index in [-0.39, 0.29) is 6.04 Å². The topological polar surface area (TPSA) is 12.0 Å². The first-order chi connectivity index (χ1) is 10.0. The molecule has 0 spiro atoms. The number of benzene rings is 2. The highest BCUT2D eigenvalue weighted by Gasteiger charge is 2.16. The molecule has 0 aliphatic heterocycles. The van der Waals surface area contributed by atoms with Crippen LogP contribution >= 0.6 is 0 Å². The fourth-order valence-electron chi connectivity index (χ4n) is 2.55. The Labute approximate surface area is 125 Å². The summed E-state index contributed by atoms with van der Waals surface area (Å²) in [5.74, 6) is -0.482. The van der Waals surface area contributed by atoms with Crippen molar-refractivity contribution in [3.8, 4) is 0 Å². The molecule has 0 bridgehead atoms. The van der Waals surface area contributed by atoms with Crippen molar-refractivity contribution in [2.45, 2.75) is 26.3 Å². The first-order valence-corrected chi connectivity index (χ1v) is 7.22. The molecule has 0 aliphatic carbocycles. The molecule has 2 aromatic rings. The van der Waals surface area contributed by atoms with Crippen LogP contribution in [-0.4, -0.2) is 7.05 Å². The Kier molecular flexibility index (Phi) is 5.07. The second-order valence-corrected chi connectivity index (χ2v) is 5.73. The van der Waals surface area contributed by atoms with Crippen LogP contribution in [0.5, 0.6) is 0 Å². The number of nitrogens with one attached hydrogen (secondary N) is 1. The number of hydrogen-bond acceptors (Lipinski definition) is 1. The first-order valence-electron chi connectivity index (χ1n) is 7.22. The summed E-state index contributed by atoms with van der Waals surface area (Å²) in [6.45, 7) is 4.36. The highest BCUT2D eigenvalue weighted by molar-refractivity contribution is 5.34. The molecule has 1 nitrogen and oxygen atoms in total. The van der Waals surface area contributed by atoms with Gasteiger partial charge in [0.2, 0.25) is 0 Å². The van der Waals surface area contributed by atoms with Gasteiger partial charge in [-0.25, -0.2) is 8.78 Å². The lowest BCUT2D eigenvalue weighted by molar-refractivity contribution is 0.551. The van der Waals surface area contributed by atoms with Gasteiger partial charge in [-0.2, -0.15) is 0 Å². The van der Waals surface area contributed by atoms with E-state index in [9.17, 15) is 8.78 Å². The van der Waals surface area contributed by atoms with E-state index in [0.717, 1.165) is 18.1 Å². The van der Waals surface area contributed by atoms with Gasteiger partial charge >= 0.3 is 0 Å². The summed E-state index contributed by atoms with van der Waals surface area (Å²) in [4.78, 5) is 0. The van der Waals surface area contributed by atoms with Gasteiger partial charge in [-0.1, -0.05) is 44.2 Å². The number of halogens is 2. The average Bonchev–Trinajstić information content (AvgIpc) is 2.43. The standard InChI is InChI=1S/C18H21F2N/c1-12(2)10-13-4-6-14(7-5-13)18(21-3)16-9-8-15(19)11-17(16)20/h4-9,11-12,18,21H,10H2,1-3H3. The Morgan fingerprint density at radius 1 is 1.00 bits per heavy atom. The van der Waals surface area contributed by atoms with E-state index in [1.165, 1.54) is 17.7 Å². The molecule has 0 radical (unpaired) electrons. The van der Waals surface area contributed by atoms with E-state index in [0.29, 0.717) is 11.5 Å². The molecule has 112 valence electrons. The second kappa shape index (κ2) is 6.81. The summed E-state index contributed by atoms with van der Waals surface area (Å²) in [6, 6.07) is 11.6. The molecule has 3 heteroatoms. The van der Waals surface area contributed by atoms with E-state index in [4.69, 9.17) is 0 Å². The summed E-state index contributed by atoms with van der Waals surface area (Å²) in [5.41, 5.74) is 2.69. The van der Waals surface area contributed by atoms with Crippen molar-refractivity contribution < 1.29 is 8.78 Å². The summed E-state index contributed by atoms with van der Waals surface area (Å²) >= 11 is 0. The normalized spacial score (nSPS) is 12.7. The Balaban J connectivity index is 2.28. The van der Waals surface area contributed by atoms with Gasteiger partial charge in [0.15, 0.2) is 0 Å². The van der Waals surface area contributed by atoms with Crippen LogP contribution in [0.4, 0.5) is 8.78 Å². The quantitative estimate of drug-likeness (QED) is 0.856. The summed E-state index contributed by atoms with van der Waals surface area (Å²) in [7, 11) is 1.77. The minimum atomic E-state index is -0.557. The smallest absolute Gasteiger partial charge is 0.131 e. The molecule has 0 aromatic heterocycles. The highest BCUT2D eigenvalue weighted by Crippen LogP contribution is 2.25. The van der Waals surface area contributed by atoms with Crippen molar-refractivity contribution in [2.75, 3.05) is 7.05 Å². The first kappa shape index (κ1) is 15.6. The predicted molar refractivity (Wildman–Crippen MR) is 82.2 cm³/mol. The molecule has 0 fully saturated rings. The van der Waals surface area contributed by atoms with Crippen LogP contribution in [0.1, 0.15) is 36.6 Å². The maximum atomic E-state index is 13.9. The molecule has 0 saturated heterocycles. The summed E-state index contributed by atoms with van der Waals surface area (Å²) in [5, 5.41) is 3.09. The molecule has 0 heterocycles. The van der Waals surface area contributed by atoms with Crippen LogP contribution in [0.2, 0.25) is 0 Å². The Morgan fingerprint density at radius 3 is 2.19 bits per heavy atom.